The highest BCUT2D eigenvalue weighted by Crippen LogP contribution is 2.34. The van der Waals surface area contributed by atoms with Crippen LogP contribution in [-0.2, 0) is 4.74 Å². The number of anilines is 2. The van der Waals surface area contributed by atoms with Gasteiger partial charge >= 0.3 is 0 Å². The van der Waals surface area contributed by atoms with Crippen LogP contribution >= 0.6 is 22.9 Å². The number of aromatic nitrogens is 5. The Morgan fingerprint density at radius 1 is 1.17 bits per heavy atom. The summed E-state index contributed by atoms with van der Waals surface area (Å²) in [7, 11) is 1.54. The Kier molecular flexibility index (Phi) is 6.69. The second kappa shape index (κ2) is 9.92. The molecule has 1 aliphatic rings. The molecule has 5 rings (SSSR count). The molecule has 0 bridgehead atoms. The minimum Gasteiger partial charge on any atom is -0.494 e. The Hall–Kier alpha value is -3.41. The number of morpholine rings is 1. The number of hydrogen-bond acceptors (Lipinski definition) is 10. The number of methoxy groups -OCH3 is 1. The average Bonchev–Trinajstić information content (AvgIpc) is 3.27. The number of carbonyl (C=O) groups excluding carboxylic acids is 1. The fraction of sp³-hybridized carbons (Fsp3) is 0.333. The zero-order valence-corrected chi connectivity index (χ0v) is 21.7. The number of pyridine rings is 2. The van der Waals surface area contributed by atoms with Gasteiger partial charge in [-0.1, -0.05) is 22.9 Å². The second-order valence-electron chi connectivity index (χ2n) is 8.42. The minimum absolute atomic E-state index is 0.0961. The van der Waals surface area contributed by atoms with E-state index in [1.807, 2.05) is 13.8 Å². The summed E-state index contributed by atoms with van der Waals surface area (Å²) in [6.07, 6.45) is 4.85. The van der Waals surface area contributed by atoms with Gasteiger partial charge in [-0.15, -0.1) is 0 Å². The van der Waals surface area contributed by atoms with Crippen molar-refractivity contribution in [1.29, 1.82) is 0 Å². The summed E-state index contributed by atoms with van der Waals surface area (Å²) >= 11 is 7.41. The Bertz CT molecular complexity index is 1450. The predicted octanol–water partition coefficient (Wildman–Crippen LogP) is 4.38. The Balaban J connectivity index is 1.45. The maximum Gasteiger partial charge on any atom is 0.259 e. The molecule has 1 N–H and O–H groups in total. The van der Waals surface area contributed by atoms with Gasteiger partial charge in [-0.3, -0.25) is 15.1 Å². The van der Waals surface area contributed by atoms with Crippen LogP contribution in [0.25, 0.3) is 21.6 Å². The molecule has 0 spiro atoms. The molecule has 12 heteroatoms. The number of rotatable bonds is 5. The minimum atomic E-state index is -0.373. The second-order valence-corrected chi connectivity index (χ2v) is 9.78. The lowest BCUT2D eigenvalue weighted by atomic mass is 10.0. The number of thiazole rings is 1. The predicted molar refractivity (Wildman–Crippen MR) is 139 cm³/mol. The molecular weight excluding hydrogens is 502 g/mol. The van der Waals surface area contributed by atoms with Crippen LogP contribution in [0, 0.1) is 6.92 Å². The molecule has 0 aromatic carbocycles. The van der Waals surface area contributed by atoms with Gasteiger partial charge in [0.05, 0.1) is 43.8 Å². The van der Waals surface area contributed by atoms with Gasteiger partial charge in [0.2, 0.25) is 0 Å². The summed E-state index contributed by atoms with van der Waals surface area (Å²) < 4.78 is 11.2. The first-order valence-corrected chi connectivity index (χ1v) is 12.5. The maximum atomic E-state index is 13.3. The van der Waals surface area contributed by atoms with E-state index in [0.717, 1.165) is 18.1 Å². The fourth-order valence-corrected chi connectivity index (χ4v) is 5.03. The number of ether oxygens (including phenoxy) is 2. The van der Waals surface area contributed by atoms with E-state index in [0.29, 0.717) is 44.7 Å². The Morgan fingerprint density at radius 3 is 2.81 bits per heavy atom. The molecule has 10 nitrogen and oxygen atoms in total. The van der Waals surface area contributed by atoms with E-state index in [1.54, 1.807) is 18.3 Å². The van der Waals surface area contributed by atoms with Gasteiger partial charge in [0, 0.05) is 29.6 Å². The zero-order valence-electron chi connectivity index (χ0n) is 20.1. The van der Waals surface area contributed by atoms with Crippen molar-refractivity contribution < 1.29 is 14.3 Å². The van der Waals surface area contributed by atoms with Gasteiger partial charge in [0.1, 0.15) is 16.7 Å². The molecule has 1 amide bonds. The van der Waals surface area contributed by atoms with Gasteiger partial charge < -0.3 is 14.4 Å². The highest BCUT2D eigenvalue weighted by atomic mass is 35.5. The van der Waals surface area contributed by atoms with Gasteiger partial charge in [-0.25, -0.2) is 15.0 Å². The molecule has 0 unspecified atom stereocenters. The number of fused-ring (bicyclic) bond motifs is 1. The van der Waals surface area contributed by atoms with Gasteiger partial charge in [0.25, 0.3) is 5.91 Å². The van der Waals surface area contributed by atoms with Crippen LogP contribution in [0.15, 0.2) is 30.7 Å². The van der Waals surface area contributed by atoms with Crippen molar-refractivity contribution in [3.05, 3.63) is 47.1 Å². The number of amides is 1. The van der Waals surface area contributed by atoms with Crippen molar-refractivity contribution in [2.75, 3.05) is 30.5 Å². The Labute approximate surface area is 216 Å². The summed E-state index contributed by atoms with van der Waals surface area (Å²) in [5, 5.41) is 3.55. The van der Waals surface area contributed by atoms with Crippen LogP contribution in [-0.4, -0.2) is 63.2 Å². The van der Waals surface area contributed by atoms with E-state index >= 15 is 0 Å². The first-order valence-electron chi connectivity index (χ1n) is 11.3. The van der Waals surface area contributed by atoms with Gasteiger partial charge in [-0.2, -0.15) is 4.98 Å². The van der Waals surface area contributed by atoms with Crippen LogP contribution in [0.5, 0.6) is 5.75 Å². The topological polar surface area (TPSA) is 115 Å². The molecule has 1 fully saturated rings. The van der Waals surface area contributed by atoms with Crippen molar-refractivity contribution in [3.63, 3.8) is 0 Å². The molecular formula is C24H24ClN7O3S. The average molecular weight is 526 g/mol. The first kappa shape index (κ1) is 24.3. The standard InChI is InChI=1S/C24H24ClN7O3S/c1-12-7-15(16-8-19(25)27-10-18(16)34-4)17(9-26-12)22(33)31-24-30-21-23(36-24)29-20(11-28-21)32-5-6-35-14(3)13(32)2/h7-11,13-14H,5-6H2,1-4H3,(H,28,30,31,33)/t13-,14+/m1/s1. The summed E-state index contributed by atoms with van der Waals surface area (Å²) in [5.74, 6) is 0.882. The molecule has 1 aliphatic heterocycles. The van der Waals surface area contributed by atoms with Crippen LogP contribution in [0.4, 0.5) is 10.9 Å². The van der Waals surface area contributed by atoms with E-state index in [4.69, 9.17) is 26.1 Å². The molecule has 0 radical (unpaired) electrons. The van der Waals surface area contributed by atoms with E-state index in [9.17, 15) is 4.79 Å². The highest BCUT2D eigenvalue weighted by molar-refractivity contribution is 7.21. The highest BCUT2D eigenvalue weighted by Gasteiger charge is 2.27. The normalized spacial score (nSPS) is 17.9. The molecule has 1 saturated heterocycles. The lowest BCUT2D eigenvalue weighted by Gasteiger charge is -2.38. The smallest absolute Gasteiger partial charge is 0.259 e. The fourth-order valence-electron chi connectivity index (χ4n) is 4.08. The van der Waals surface area contributed by atoms with Gasteiger partial charge in [-0.05, 0) is 32.9 Å². The van der Waals surface area contributed by atoms with Crippen LogP contribution in [0.1, 0.15) is 29.9 Å². The van der Waals surface area contributed by atoms with Crippen molar-refractivity contribution in [2.24, 2.45) is 0 Å². The van der Waals surface area contributed by atoms with Gasteiger partial charge in [0.15, 0.2) is 15.6 Å². The van der Waals surface area contributed by atoms with Crippen molar-refractivity contribution in [2.45, 2.75) is 32.9 Å². The molecule has 4 aromatic heterocycles. The summed E-state index contributed by atoms with van der Waals surface area (Å²) in [6.45, 7) is 7.37. The number of aryl methyl sites for hydroxylation is 1. The maximum absolute atomic E-state index is 13.3. The third-order valence-corrected chi connectivity index (χ3v) is 7.20. The van der Waals surface area contributed by atoms with Crippen LogP contribution < -0.4 is 15.0 Å². The lowest BCUT2D eigenvalue weighted by Crippen LogP contribution is -2.49. The SMILES string of the molecule is COc1cnc(Cl)cc1-c1cc(C)ncc1C(=O)Nc1nc2ncc(N3CCO[C@@H](C)[C@H]3C)nc2s1. The first-order chi connectivity index (χ1) is 17.3. The number of nitrogens with zero attached hydrogens (tertiary/aromatic N) is 6. The molecule has 0 aliphatic carbocycles. The molecule has 36 heavy (non-hydrogen) atoms. The Morgan fingerprint density at radius 2 is 2.00 bits per heavy atom. The third kappa shape index (κ3) is 4.69. The summed E-state index contributed by atoms with van der Waals surface area (Å²) in [6, 6.07) is 3.64. The summed E-state index contributed by atoms with van der Waals surface area (Å²) in [4.78, 5) is 38.2. The van der Waals surface area contributed by atoms with Crippen LogP contribution in [0.2, 0.25) is 5.15 Å². The van der Waals surface area contributed by atoms with E-state index in [1.165, 1.54) is 30.8 Å². The van der Waals surface area contributed by atoms with Crippen molar-refractivity contribution in [3.8, 4) is 16.9 Å². The molecule has 0 saturated carbocycles. The molecule has 4 aromatic rings. The monoisotopic (exact) mass is 525 g/mol. The summed E-state index contributed by atoms with van der Waals surface area (Å²) in [5.41, 5.74) is 2.82. The number of carbonyl (C=O) groups is 1. The quantitative estimate of drug-likeness (QED) is 0.379. The third-order valence-electron chi connectivity index (χ3n) is 6.14. The van der Waals surface area contributed by atoms with Crippen molar-refractivity contribution >= 4 is 50.3 Å². The van der Waals surface area contributed by atoms with E-state index < -0.39 is 0 Å². The molecule has 186 valence electrons. The lowest BCUT2D eigenvalue weighted by molar-refractivity contribution is 0.0281. The molecule has 2 atom stereocenters. The zero-order chi connectivity index (χ0) is 25.4. The van der Waals surface area contributed by atoms with E-state index in [2.05, 4.69) is 37.1 Å². The number of nitrogens with one attached hydrogen (secondary N) is 1. The van der Waals surface area contributed by atoms with Crippen LogP contribution in [0.3, 0.4) is 0 Å². The number of halogens is 1. The van der Waals surface area contributed by atoms with E-state index in [-0.39, 0.29) is 23.2 Å². The van der Waals surface area contributed by atoms with Crippen molar-refractivity contribution in [1.82, 2.24) is 24.9 Å². The number of hydrogen-bond donors (Lipinski definition) is 1. The molecule has 5 heterocycles. The largest absolute Gasteiger partial charge is 0.494 e.